The van der Waals surface area contributed by atoms with Gasteiger partial charge in [0.15, 0.2) is 0 Å². The Morgan fingerprint density at radius 1 is 1.32 bits per heavy atom. The van der Waals surface area contributed by atoms with Gasteiger partial charge in [-0.2, -0.15) is 0 Å². The fraction of sp³-hybridized carbons (Fsp3) is 0.0714. The summed E-state index contributed by atoms with van der Waals surface area (Å²) >= 11 is 5.75. The van der Waals surface area contributed by atoms with E-state index in [0.717, 1.165) is 5.56 Å². The zero-order valence-corrected chi connectivity index (χ0v) is 11.0. The molecule has 0 fully saturated rings. The van der Waals surface area contributed by atoms with Crippen LogP contribution < -0.4 is 11.1 Å². The number of carbonyl (C=O) groups is 1. The zero-order chi connectivity index (χ0) is 14.0. The van der Waals surface area contributed by atoms with Crippen molar-refractivity contribution in [1.82, 2.24) is 0 Å². The molecule has 0 aliphatic heterocycles. The second kappa shape index (κ2) is 5.28. The Kier molecular flexibility index (Phi) is 3.71. The fourth-order valence-electron chi connectivity index (χ4n) is 1.66. The van der Waals surface area contributed by atoms with Gasteiger partial charge in [-0.05, 0) is 36.8 Å². The smallest absolute Gasteiger partial charge is 0.257 e. The van der Waals surface area contributed by atoms with E-state index in [1.54, 1.807) is 12.1 Å². The van der Waals surface area contributed by atoms with Crippen molar-refractivity contribution in [3.05, 3.63) is 58.4 Å². The van der Waals surface area contributed by atoms with Gasteiger partial charge in [-0.3, -0.25) is 4.79 Å². The third kappa shape index (κ3) is 2.85. The molecule has 0 atom stereocenters. The first-order chi connectivity index (χ1) is 8.99. The van der Waals surface area contributed by atoms with Crippen LogP contribution in [0.2, 0.25) is 5.02 Å². The number of hydrogen-bond donors (Lipinski definition) is 2. The first kappa shape index (κ1) is 13.4. The van der Waals surface area contributed by atoms with E-state index < -0.39 is 11.7 Å². The van der Waals surface area contributed by atoms with Crippen molar-refractivity contribution in [1.29, 1.82) is 0 Å². The summed E-state index contributed by atoms with van der Waals surface area (Å²) in [6.07, 6.45) is 0. The Labute approximate surface area is 115 Å². The lowest BCUT2D eigenvalue weighted by molar-refractivity contribution is 0.102. The SMILES string of the molecule is Cc1ccc(NC(=O)c2cccc(F)c2Cl)c(N)c1. The standard InChI is InChI=1S/C14H12ClFN2O/c1-8-5-6-12(11(17)7-8)18-14(19)9-3-2-4-10(16)13(9)15/h2-7H,17H2,1H3,(H,18,19). The molecule has 0 heterocycles. The van der Waals surface area contributed by atoms with E-state index in [1.807, 2.05) is 13.0 Å². The molecule has 0 saturated carbocycles. The molecule has 1 amide bonds. The van der Waals surface area contributed by atoms with Crippen molar-refractivity contribution >= 4 is 28.9 Å². The summed E-state index contributed by atoms with van der Waals surface area (Å²) in [5, 5.41) is 2.40. The van der Waals surface area contributed by atoms with Crippen LogP contribution in [0.3, 0.4) is 0 Å². The van der Waals surface area contributed by atoms with Gasteiger partial charge in [0.1, 0.15) is 5.82 Å². The second-order valence-electron chi connectivity index (χ2n) is 4.15. The molecule has 3 N–H and O–H groups in total. The number of anilines is 2. The van der Waals surface area contributed by atoms with Gasteiger partial charge in [0, 0.05) is 0 Å². The van der Waals surface area contributed by atoms with Crippen LogP contribution in [0.1, 0.15) is 15.9 Å². The number of halogens is 2. The average molecular weight is 279 g/mol. The minimum absolute atomic E-state index is 0.0710. The molecule has 2 aromatic rings. The van der Waals surface area contributed by atoms with E-state index in [-0.39, 0.29) is 10.6 Å². The molecular formula is C14H12ClFN2O. The molecule has 0 saturated heterocycles. The summed E-state index contributed by atoms with van der Waals surface area (Å²) < 4.78 is 13.3. The minimum atomic E-state index is -0.633. The van der Waals surface area contributed by atoms with Gasteiger partial charge in [-0.25, -0.2) is 4.39 Å². The molecule has 0 bridgehead atoms. The Balaban J connectivity index is 2.28. The summed E-state index contributed by atoms with van der Waals surface area (Å²) in [6.45, 7) is 1.89. The second-order valence-corrected chi connectivity index (χ2v) is 4.52. The average Bonchev–Trinajstić information content (AvgIpc) is 2.36. The predicted molar refractivity (Wildman–Crippen MR) is 75.0 cm³/mol. The van der Waals surface area contributed by atoms with Crippen molar-refractivity contribution in [3.63, 3.8) is 0 Å². The lowest BCUT2D eigenvalue weighted by Crippen LogP contribution is -2.14. The largest absolute Gasteiger partial charge is 0.397 e. The molecule has 98 valence electrons. The van der Waals surface area contributed by atoms with Crippen molar-refractivity contribution in [2.75, 3.05) is 11.1 Å². The van der Waals surface area contributed by atoms with E-state index in [2.05, 4.69) is 5.32 Å². The molecule has 19 heavy (non-hydrogen) atoms. The van der Waals surface area contributed by atoms with Gasteiger partial charge < -0.3 is 11.1 Å². The lowest BCUT2D eigenvalue weighted by atomic mass is 10.1. The number of carbonyl (C=O) groups excluding carboxylic acids is 1. The Hall–Kier alpha value is -2.07. The maximum absolute atomic E-state index is 13.3. The van der Waals surface area contributed by atoms with Crippen LogP contribution in [0.4, 0.5) is 15.8 Å². The lowest BCUT2D eigenvalue weighted by Gasteiger charge is -2.10. The molecule has 0 aliphatic carbocycles. The molecule has 2 aromatic carbocycles. The number of nitrogen functional groups attached to an aromatic ring is 1. The van der Waals surface area contributed by atoms with Crippen molar-refractivity contribution in [2.45, 2.75) is 6.92 Å². The van der Waals surface area contributed by atoms with Gasteiger partial charge in [-0.1, -0.05) is 23.7 Å². The topological polar surface area (TPSA) is 55.1 Å². The molecule has 2 rings (SSSR count). The van der Waals surface area contributed by atoms with E-state index in [0.29, 0.717) is 11.4 Å². The molecular weight excluding hydrogens is 267 g/mol. The van der Waals surface area contributed by atoms with Gasteiger partial charge >= 0.3 is 0 Å². The number of hydrogen-bond acceptors (Lipinski definition) is 2. The van der Waals surface area contributed by atoms with Crippen LogP contribution in [0.15, 0.2) is 36.4 Å². The van der Waals surface area contributed by atoms with Crippen LogP contribution >= 0.6 is 11.6 Å². The zero-order valence-electron chi connectivity index (χ0n) is 10.2. The van der Waals surface area contributed by atoms with Crippen LogP contribution in [0.25, 0.3) is 0 Å². The van der Waals surface area contributed by atoms with Crippen molar-refractivity contribution in [2.24, 2.45) is 0 Å². The Morgan fingerprint density at radius 3 is 2.74 bits per heavy atom. The minimum Gasteiger partial charge on any atom is -0.397 e. The van der Waals surface area contributed by atoms with Crippen LogP contribution in [-0.4, -0.2) is 5.91 Å². The number of nitrogens with one attached hydrogen (secondary N) is 1. The molecule has 0 aromatic heterocycles. The molecule has 0 spiro atoms. The van der Waals surface area contributed by atoms with Crippen LogP contribution in [0.5, 0.6) is 0 Å². The quantitative estimate of drug-likeness (QED) is 0.824. The van der Waals surface area contributed by atoms with E-state index >= 15 is 0 Å². The number of amides is 1. The highest BCUT2D eigenvalue weighted by atomic mass is 35.5. The van der Waals surface area contributed by atoms with Crippen LogP contribution in [-0.2, 0) is 0 Å². The van der Waals surface area contributed by atoms with Gasteiger partial charge in [0.25, 0.3) is 5.91 Å². The highest BCUT2D eigenvalue weighted by molar-refractivity contribution is 6.34. The van der Waals surface area contributed by atoms with Gasteiger partial charge in [0.2, 0.25) is 0 Å². The van der Waals surface area contributed by atoms with E-state index in [4.69, 9.17) is 17.3 Å². The number of nitrogens with two attached hydrogens (primary N) is 1. The molecule has 0 radical (unpaired) electrons. The monoisotopic (exact) mass is 278 g/mol. The maximum Gasteiger partial charge on any atom is 0.257 e. The fourth-order valence-corrected chi connectivity index (χ4v) is 1.88. The van der Waals surface area contributed by atoms with E-state index in [1.165, 1.54) is 18.2 Å². The normalized spacial score (nSPS) is 10.3. The third-order valence-corrected chi connectivity index (χ3v) is 3.04. The van der Waals surface area contributed by atoms with Crippen LogP contribution in [0, 0.1) is 12.7 Å². The van der Waals surface area contributed by atoms with E-state index in [9.17, 15) is 9.18 Å². The Morgan fingerprint density at radius 2 is 2.05 bits per heavy atom. The Bertz CT molecular complexity index is 643. The number of aryl methyl sites for hydroxylation is 1. The van der Waals surface area contributed by atoms with Crippen molar-refractivity contribution in [3.8, 4) is 0 Å². The van der Waals surface area contributed by atoms with Crippen molar-refractivity contribution < 1.29 is 9.18 Å². The molecule has 5 heteroatoms. The predicted octanol–water partition coefficient (Wildman–Crippen LogP) is 3.62. The summed E-state index contributed by atoms with van der Waals surface area (Å²) in [5.41, 5.74) is 7.76. The van der Waals surface area contributed by atoms with Gasteiger partial charge in [-0.15, -0.1) is 0 Å². The molecule has 0 aliphatic rings. The first-order valence-corrected chi connectivity index (χ1v) is 5.98. The number of benzene rings is 2. The third-order valence-electron chi connectivity index (χ3n) is 2.65. The summed E-state index contributed by atoms with van der Waals surface area (Å²) in [6, 6.07) is 9.32. The summed E-state index contributed by atoms with van der Waals surface area (Å²) in [4.78, 5) is 12.0. The summed E-state index contributed by atoms with van der Waals surface area (Å²) in [7, 11) is 0. The number of rotatable bonds is 2. The molecule has 3 nitrogen and oxygen atoms in total. The highest BCUT2D eigenvalue weighted by Crippen LogP contribution is 2.23. The first-order valence-electron chi connectivity index (χ1n) is 5.60. The highest BCUT2D eigenvalue weighted by Gasteiger charge is 2.14. The van der Waals surface area contributed by atoms with Gasteiger partial charge in [0.05, 0.1) is 22.0 Å². The summed E-state index contributed by atoms with van der Waals surface area (Å²) in [5.74, 6) is -1.13. The maximum atomic E-state index is 13.3. The molecule has 0 unspecified atom stereocenters.